The molecule has 2 heteroatoms. The van der Waals surface area contributed by atoms with Crippen molar-refractivity contribution >= 4 is 11.4 Å². The van der Waals surface area contributed by atoms with Gasteiger partial charge in [0.2, 0.25) is 0 Å². The summed E-state index contributed by atoms with van der Waals surface area (Å²) in [6.07, 6.45) is 0. The van der Waals surface area contributed by atoms with Crippen LogP contribution in [0, 0.1) is 27.7 Å². The van der Waals surface area contributed by atoms with Crippen molar-refractivity contribution in [2.24, 2.45) is 0 Å². The number of nitrogens with one attached hydrogen (secondary N) is 2. The third-order valence-electron chi connectivity index (χ3n) is 4.21. The van der Waals surface area contributed by atoms with E-state index in [4.69, 9.17) is 0 Å². The molecule has 0 spiro atoms. The second-order valence-corrected chi connectivity index (χ2v) is 5.92. The van der Waals surface area contributed by atoms with E-state index in [0.717, 1.165) is 6.54 Å². The van der Waals surface area contributed by atoms with Crippen molar-refractivity contribution in [2.75, 3.05) is 17.2 Å². The maximum absolute atomic E-state index is 3.59. The van der Waals surface area contributed by atoms with Crippen molar-refractivity contribution in [1.29, 1.82) is 0 Å². The molecule has 2 aromatic rings. The Balaban J connectivity index is 1.97. The van der Waals surface area contributed by atoms with Crippen LogP contribution in [0.4, 0.5) is 11.4 Å². The summed E-state index contributed by atoms with van der Waals surface area (Å²) in [7, 11) is 0. The van der Waals surface area contributed by atoms with Crippen LogP contribution in [0.3, 0.4) is 0 Å². The molecule has 2 nitrogen and oxygen atoms in total. The quantitative estimate of drug-likeness (QED) is 0.820. The van der Waals surface area contributed by atoms with Gasteiger partial charge in [0.05, 0.1) is 0 Å². The van der Waals surface area contributed by atoms with Crippen LogP contribution in [-0.2, 0) is 0 Å². The van der Waals surface area contributed by atoms with Crippen molar-refractivity contribution in [3.8, 4) is 0 Å². The van der Waals surface area contributed by atoms with Crippen LogP contribution < -0.4 is 10.6 Å². The summed E-state index contributed by atoms with van der Waals surface area (Å²) in [5, 5.41) is 7.14. The van der Waals surface area contributed by atoms with Gasteiger partial charge in [-0.2, -0.15) is 0 Å². The van der Waals surface area contributed by atoms with Crippen LogP contribution in [0.5, 0.6) is 0 Å². The summed E-state index contributed by atoms with van der Waals surface area (Å²) in [6.45, 7) is 11.7. The number of hydrogen-bond donors (Lipinski definition) is 2. The van der Waals surface area contributed by atoms with E-state index in [1.807, 2.05) is 0 Å². The fourth-order valence-electron chi connectivity index (χ4n) is 2.43. The summed E-state index contributed by atoms with van der Waals surface area (Å²) in [5.41, 5.74) is 7.77. The molecule has 0 saturated carbocycles. The summed E-state index contributed by atoms with van der Waals surface area (Å²) < 4.78 is 0. The number of hydrogen-bond acceptors (Lipinski definition) is 2. The Morgan fingerprint density at radius 2 is 1.33 bits per heavy atom. The highest BCUT2D eigenvalue weighted by atomic mass is 15.0. The van der Waals surface area contributed by atoms with Crippen LogP contribution in [0.1, 0.15) is 29.2 Å². The Morgan fingerprint density at radius 1 is 0.810 bits per heavy atom. The van der Waals surface area contributed by atoms with Gasteiger partial charge in [0.15, 0.2) is 0 Å². The molecule has 0 aliphatic carbocycles. The summed E-state index contributed by atoms with van der Waals surface area (Å²) in [6, 6.07) is 13.2. The topological polar surface area (TPSA) is 24.1 Å². The molecular weight excluding hydrogens is 256 g/mol. The van der Waals surface area contributed by atoms with Gasteiger partial charge in [-0.05, 0) is 69.0 Å². The van der Waals surface area contributed by atoms with Crippen molar-refractivity contribution in [3.63, 3.8) is 0 Å². The zero-order valence-electron chi connectivity index (χ0n) is 13.7. The summed E-state index contributed by atoms with van der Waals surface area (Å²) >= 11 is 0. The highest BCUT2D eigenvalue weighted by Crippen LogP contribution is 2.20. The molecule has 0 aromatic heterocycles. The Morgan fingerprint density at radius 3 is 1.95 bits per heavy atom. The monoisotopic (exact) mass is 282 g/mol. The molecule has 2 rings (SSSR count). The molecule has 112 valence electrons. The third kappa shape index (κ3) is 3.78. The van der Waals surface area contributed by atoms with Gasteiger partial charge in [0.25, 0.3) is 0 Å². The number of anilines is 2. The van der Waals surface area contributed by atoms with Gasteiger partial charge < -0.3 is 10.6 Å². The normalized spacial score (nSPS) is 12.0. The number of aryl methyl sites for hydroxylation is 2. The first-order valence-electron chi connectivity index (χ1n) is 7.62. The minimum absolute atomic E-state index is 0.366. The molecule has 0 saturated heterocycles. The predicted octanol–water partition coefficient (Wildman–Crippen LogP) is 4.83. The van der Waals surface area contributed by atoms with Crippen LogP contribution in [-0.4, -0.2) is 12.6 Å². The lowest BCUT2D eigenvalue weighted by atomic mass is 10.1. The van der Waals surface area contributed by atoms with Gasteiger partial charge in [-0.15, -0.1) is 0 Å². The second kappa shape index (κ2) is 6.66. The number of rotatable bonds is 5. The lowest BCUT2D eigenvalue weighted by molar-refractivity contribution is 0.833. The van der Waals surface area contributed by atoms with Crippen molar-refractivity contribution in [2.45, 2.75) is 40.7 Å². The molecule has 0 bridgehead atoms. The van der Waals surface area contributed by atoms with E-state index in [2.05, 4.69) is 81.7 Å². The highest BCUT2D eigenvalue weighted by Gasteiger charge is 2.06. The first kappa shape index (κ1) is 15.4. The molecule has 0 fully saturated rings. The molecule has 2 N–H and O–H groups in total. The molecule has 0 heterocycles. The van der Waals surface area contributed by atoms with Gasteiger partial charge >= 0.3 is 0 Å². The van der Waals surface area contributed by atoms with Gasteiger partial charge in [0, 0.05) is 24.0 Å². The fourth-order valence-corrected chi connectivity index (χ4v) is 2.43. The van der Waals surface area contributed by atoms with Crippen LogP contribution in [0.2, 0.25) is 0 Å². The standard InChI is InChI=1S/C19H26N2/c1-13-8-6-10-18(16(13)4)20-12-15(3)21-19-11-7-9-14(2)17(19)5/h6-11,15,20-21H,12H2,1-5H3. The summed E-state index contributed by atoms with van der Waals surface area (Å²) in [5.74, 6) is 0. The lowest BCUT2D eigenvalue weighted by Gasteiger charge is -2.20. The minimum atomic E-state index is 0.366. The predicted molar refractivity (Wildman–Crippen MR) is 93.4 cm³/mol. The largest absolute Gasteiger partial charge is 0.383 e. The van der Waals surface area contributed by atoms with E-state index in [0.29, 0.717) is 6.04 Å². The van der Waals surface area contributed by atoms with Crippen LogP contribution in [0.15, 0.2) is 36.4 Å². The highest BCUT2D eigenvalue weighted by molar-refractivity contribution is 5.56. The van der Waals surface area contributed by atoms with Gasteiger partial charge in [-0.1, -0.05) is 24.3 Å². The molecule has 0 amide bonds. The maximum Gasteiger partial charge on any atom is 0.0405 e. The van der Waals surface area contributed by atoms with E-state index >= 15 is 0 Å². The molecule has 2 aromatic carbocycles. The zero-order valence-corrected chi connectivity index (χ0v) is 13.7. The minimum Gasteiger partial charge on any atom is -0.383 e. The van der Waals surface area contributed by atoms with E-state index in [1.165, 1.54) is 33.6 Å². The van der Waals surface area contributed by atoms with Crippen molar-refractivity contribution in [3.05, 3.63) is 58.7 Å². The summed E-state index contributed by atoms with van der Waals surface area (Å²) in [4.78, 5) is 0. The van der Waals surface area contributed by atoms with Crippen LogP contribution in [0.25, 0.3) is 0 Å². The fraction of sp³-hybridized carbons (Fsp3) is 0.368. The molecule has 1 atom stereocenters. The molecule has 0 aliphatic rings. The van der Waals surface area contributed by atoms with E-state index in [-0.39, 0.29) is 0 Å². The van der Waals surface area contributed by atoms with Crippen molar-refractivity contribution < 1.29 is 0 Å². The van der Waals surface area contributed by atoms with Gasteiger partial charge in [-0.3, -0.25) is 0 Å². The lowest BCUT2D eigenvalue weighted by Crippen LogP contribution is -2.25. The average molecular weight is 282 g/mol. The Labute approximate surface area is 128 Å². The zero-order chi connectivity index (χ0) is 15.4. The average Bonchev–Trinajstić information content (AvgIpc) is 2.45. The van der Waals surface area contributed by atoms with Crippen LogP contribution >= 0.6 is 0 Å². The first-order valence-corrected chi connectivity index (χ1v) is 7.62. The van der Waals surface area contributed by atoms with Gasteiger partial charge in [0.1, 0.15) is 0 Å². The Hall–Kier alpha value is -1.96. The SMILES string of the molecule is Cc1cccc(NCC(C)Nc2cccc(C)c2C)c1C. The smallest absolute Gasteiger partial charge is 0.0405 e. The molecule has 0 aliphatic heterocycles. The second-order valence-electron chi connectivity index (χ2n) is 5.92. The first-order chi connectivity index (χ1) is 9.99. The molecular formula is C19H26N2. The molecule has 1 unspecified atom stereocenters. The number of benzene rings is 2. The molecule has 21 heavy (non-hydrogen) atoms. The molecule has 0 radical (unpaired) electrons. The maximum atomic E-state index is 3.59. The van der Waals surface area contributed by atoms with Crippen molar-refractivity contribution in [1.82, 2.24) is 0 Å². The third-order valence-corrected chi connectivity index (χ3v) is 4.21. The van der Waals surface area contributed by atoms with E-state index in [9.17, 15) is 0 Å². The van der Waals surface area contributed by atoms with E-state index < -0.39 is 0 Å². The Kier molecular flexibility index (Phi) is 4.89. The van der Waals surface area contributed by atoms with E-state index in [1.54, 1.807) is 0 Å². The van der Waals surface area contributed by atoms with Gasteiger partial charge in [-0.25, -0.2) is 0 Å². The Bertz CT molecular complexity index is 617.